The van der Waals surface area contributed by atoms with E-state index in [0.717, 1.165) is 59.1 Å². The lowest BCUT2D eigenvalue weighted by molar-refractivity contribution is 0.0957. The van der Waals surface area contributed by atoms with E-state index in [-0.39, 0.29) is 11.9 Å². The number of hydrogen-bond donors (Lipinski definition) is 0. The number of rotatable bonds is 8. The standard InChI is InChI=1S/C23H26N4O2S/c1-16-13-19(17(2)27(16)14-18-7-5-12-29-18)22(28)15-30-23-25-20-8-3-4-9-21(20)26(23)11-6-10-24/h3-4,8-9,13,18H,5-7,11-12,14-15H2,1-2H3/t18-/m0/s1. The number of ketones is 1. The van der Waals surface area contributed by atoms with Gasteiger partial charge in [-0.1, -0.05) is 23.9 Å². The van der Waals surface area contributed by atoms with E-state index in [0.29, 0.717) is 18.7 Å². The maximum atomic E-state index is 13.0. The smallest absolute Gasteiger partial charge is 0.175 e. The summed E-state index contributed by atoms with van der Waals surface area (Å²) >= 11 is 1.44. The van der Waals surface area contributed by atoms with Crippen molar-refractivity contribution in [2.24, 2.45) is 0 Å². The number of aromatic nitrogens is 3. The Balaban J connectivity index is 1.51. The first kappa shape index (κ1) is 20.7. The molecule has 0 spiro atoms. The number of thioether (sulfide) groups is 1. The summed E-state index contributed by atoms with van der Waals surface area (Å²) in [5.74, 6) is 0.422. The van der Waals surface area contributed by atoms with Gasteiger partial charge < -0.3 is 13.9 Å². The maximum absolute atomic E-state index is 13.0. The van der Waals surface area contributed by atoms with Crippen molar-refractivity contribution in [2.75, 3.05) is 12.4 Å². The monoisotopic (exact) mass is 422 g/mol. The molecule has 2 aromatic heterocycles. The number of benzene rings is 1. The van der Waals surface area contributed by atoms with E-state index in [4.69, 9.17) is 10.00 Å². The van der Waals surface area contributed by atoms with E-state index in [9.17, 15) is 4.79 Å². The fourth-order valence-electron chi connectivity index (χ4n) is 4.11. The second-order valence-electron chi connectivity index (χ2n) is 7.69. The van der Waals surface area contributed by atoms with Gasteiger partial charge in [-0.3, -0.25) is 4.79 Å². The van der Waals surface area contributed by atoms with Gasteiger partial charge in [0.05, 0.1) is 35.4 Å². The Morgan fingerprint density at radius 1 is 1.33 bits per heavy atom. The topological polar surface area (TPSA) is 72.8 Å². The highest BCUT2D eigenvalue weighted by atomic mass is 32.2. The Kier molecular flexibility index (Phi) is 6.26. The molecule has 1 aromatic carbocycles. The van der Waals surface area contributed by atoms with Gasteiger partial charge in [0.15, 0.2) is 10.9 Å². The molecule has 4 rings (SSSR count). The van der Waals surface area contributed by atoms with Crippen LogP contribution in [0.1, 0.15) is 41.0 Å². The maximum Gasteiger partial charge on any atom is 0.175 e. The molecular weight excluding hydrogens is 396 g/mol. The molecule has 6 nitrogen and oxygen atoms in total. The Hall–Kier alpha value is -2.56. The van der Waals surface area contributed by atoms with Crippen LogP contribution in [0.15, 0.2) is 35.5 Å². The van der Waals surface area contributed by atoms with Crippen LogP contribution in [-0.2, 0) is 17.8 Å². The first-order valence-electron chi connectivity index (χ1n) is 10.3. The first-order chi connectivity index (χ1) is 14.6. The molecule has 3 heterocycles. The Labute approximate surface area is 180 Å². The van der Waals surface area contributed by atoms with Crippen molar-refractivity contribution in [3.8, 4) is 6.07 Å². The SMILES string of the molecule is Cc1cc(C(=O)CSc2nc3ccccc3n2CCC#N)c(C)n1C[C@@H]1CCCO1. The summed E-state index contributed by atoms with van der Waals surface area (Å²) in [4.78, 5) is 17.7. The molecule has 0 bridgehead atoms. The third-order valence-corrected chi connectivity index (χ3v) is 6.66. The van der Waals surface area contributed by atoms with Crippen molar-refractivity contribution in [2.45, 2.75) is 57.5 Å². The molecule has 1 saturated heterocycles. The van der Waals surface area contributed by atoms with E-state index >= 15 is 0 Å². The van der Waals surface area contributed by atoms with Crippen LogP contribution in [0, 0.1) is 25.2 Å². The summed E-state index contributed by atoms with van der Waals surface area (Å²) in [5, 5.41) is 9.78. The van der Waals surface area contributed by atoms with Crippen LogP contribution in [-0.4, -0.2) is 38.4 Å². The minimum atomic E-state index is 0.102. The van der Waals surface area contributed by atoms with Gasteiger partial charge >= 0.3 is 0 Å². The van der Waals surface area contributed by atoms with Crippen molar-refractivity contribution >= 4 is 28.6 Å². The molecular formula is C23H26N4O2S. The highest BCUT2D eigenvalue weighted by Crippen LogP contribution is 2.27. The third kappa shape index (κ3) is 4.16. The highest BCUT2D eigenvalue weighted by molar-refractivity contribution is 7.99. The van der Waals surface area contributed by atoms with E-state index < -0.39 is 0 Å². The highest BCUT2D eigenvalue weighted by Gasteiger charge is 2.22. The van der Waals surface area contributed by atoms with Crippen molar-refractivity contribution in [3.63, 3.8) is 0 Å². The van der Waals surface area contributed by atoms with Crippen LogP contribution < -0.4 is 0 Å². The van der Waals surface area contributed by atoms with Crippen molar-refractivity contribution in [3.05, 3.63) is 47.3 Å². The molecule has 30 heavy (non-hydrogen) atoms. The lowest BCUT2D eigenvalue weighted by Gasteiger charge is -2.14. The van der Waals surface area contributed by atoms with Gasteiger partial charge in [0.1, 0.15) is 0 Å². The second-order valence-corrected chi connectivity index (χ2v) is 8.63. The van der Waals surface area contributed by atoms with Crippen LogP contribution in [0.5, 0.6) is 0 Å². The van der Waals surface area contributed by atoms with E-state index in [2.05, 4.69) is 15.6 Å². The molecule has 0 N–H and O–H groups in total. The summed E-state index contributed by atoms with van der Waals surface area (Å²) in [7, 11) is 0. The minimum absolute atomic E-state index is 0.102. The van der Waals surface area contributed by atoms with Crippen molar-refractivity contribution in [1.29, 1.82) is 5.26 Å². The van der Waals surface area contributed by atoms with Gasteiger partial charge in [-0.05, 0) is 44.9 Å². The summed E-state index contributed by atoms with van der Waals surface area (Å²) in [6.07, 6.45) is 2.84. The molecule has 0 unspecified atom stereocenters. The molecule has 1 aliphatic heterocycles. The number of hydrogen-bond acceptors (Lipinski definition) is 5. The number of nitrogens with zero attached hydrogens (tertiary/aromatic N) is 4. The normalized spacial score (nSPS) is 16.2. The van der Waals surface area contributed by atoms with E-state index in [1.165, 1.54) is 11.8 Å². The van der Waals surface area contributed by atoms with Crippen LogP contribution in [0.4, 0.5) is 0 Å². The number of carbonyl (C=O) groups is 1. The Morgan fingerprint density at radius 3 is 2.93 bits per heavy atom. The van der Waals surface area contributed by atoms with Gasteiger partial charge in [0.25, 0.3) is 0 Å². The van der Waals surface area contributed by atoms with Crippen molar-refractivity contribution < 1.29 is 9.53 Å². The number of Topliss-reactive ketones (excluding diaryl/α,β-unsaturated/α-hetero) is 1. The zero-order chi connectivity index (χ0) is 21.1. The quantitative estimate of drug-likeness (QED) is 0.394. The first-order valence-corrected chi connectivity index (χ1v) is 11.3. The zero-order valence-corrected chi connectivity index (χ0v) is 18.2. The second kappa shape index (κ2) is 9.07. The van der Waals surface area contributed by atoms with Gasteiger partial charge in [-0.25, -0.2) is 4.98 Å². The van der Waals surface area contributed by atoms with E-state index in [1.807, 2.05) is 48.7 Å². The number of ether oxygens (including phenoxy) is 1. The fourth-order valence-corrected chi connectivity index (χ4v) is 5.03. The average Bonchev–Trinajstić information content (AvgIpc) is 3.45. The predicted octanol–water partition coefficient (Wildman–Crippen LogP) is 4.52. The molecule has 0 saturated carbocycles. The minimum Gasteiger partial charge on any atom is -0.376 e. The number of aryl methyl sites for hydroxylation is 2. The summed E-state index contributed by atoms with van der Waals surface area (Å²) < 4.78 is 10.0. The number of para-hydroxylation sites is 2. The number of imidazole rings is 1. The van der Waals surface area contributed by atoms with Crippen LogP contribution in [0.3, 0.4) is 0 Å². The lowest BCUT2D eigenvalue weighted by atomic mass is 10.2. The molecule has 0 aliphatic carbocycles. The molecule has 3 aromatic rings. The molecule has 7 heteroatoms. The molecule has 0 amide bonds. The van der Waals surface area contributed by atoms with Gasteiger partial charge in [-0.2, -0.15) is 5.26 Å². The van der Waals surface area contributed by atoms with Crippen molar-refractivity contribution in [1.82, 2.24) is 14.1 Å². The fraction of sp³-hybridized carbons (Fsp3) is 0.435. The Bertz CT molecular complexity index is 1100. The molecule has 1 fully saturated rings. The van der Waals surface area contributed by atoms with Gasteiger partial charge in [0, 0.05) is 36.6 Å². The number of fused-ring (bicyclic) bond motifs is 1. The summed E-state index contributed by atoms with van der Waals surface area (Å²) in [5.41, 5.74) is 4.76. The Morgan fingerprint density at radius 2 is 2.17 bits per heavy atom. The van der Waals surface area contributed by atoms with Gasteiger partial charge in [0.2, 0.25) is 0 Å². The number of nitriles is 1. The van der Waals surface area contributed by atoms with Crippen LogP contribution in [0.2, 0.25) is 0 Å². The largest absolute Gasteiger partial charge is 0.376 e. The predicted molar refractivity (Wildman–Crippen MR) is 118 cm³/mol. The third-order valence-electron chi connectivity index (χ3n) is 5.68. The zero-order valence-electron chi connectivity index (χ0n) is 17.4. The van der Waals surface area contributed by atoms with Crippen LogP contribution in [0.25, 0.3) is 11.0 Å². The summed E-state index contributed by atoms with van der Waals surface area (Å²) in [6, 6.07) is 12.1. The average molecular weight is 423 g/mol. The summed E-state index contributed by atoms with van der Waals surface area (Å²) in [6.45, 7) is 6.28. The van der Waals surface area contributed by atoms with Crippen LogP contribution >= 0.6 is 11.8 Å². The number of carbonyl (C=O) groups excluding carboxylic acids is 1. The molecule has 0 radical (unpaired) electrons. The molecule has 1 atom stereocenters. The lowest BCUT2D eigenvalue weighted by Crippen LogP contribution is -2.17. The van der Waals surface area contributed by atoms with Gasteiger partial charge in [-0.15, -0.1) is 0 Å². The van der Waals surface area contributed by atoms with E-state index in [1.54, 1.807) is 0 Å². The molecule has 156 valence electrons. The molecule has 1 aliphatic rings.